The average Bonchev–Trinajstić information content (AvgIpc) is 2.00. The Hall–Kier alpha value is -0.570. The van der Waals surface area contributed by atoms with Gasteiger partial charge < -0.3 is 10.1 Å². The van der Waals surface area contributed by atoms with Crippen LogP contribution in [0.15, 0.2) is 0 Å². The standard InChI is InChI=1S/C11H21NO2/c1-9(2)14-11(13)10-7-5-3-4-6-8-12-10/h9-10,12H,3-8H2,1-2H3. The molecule has 3 heteroatoms. The van der Waals surface area contributed by atoms with Crippen molar-refractivity contribution in [2.24, 2.45) is 0 Å². The van der Waals surface area contributed by atoms with Crippen molar-refractivity contribution < 1.29 is 9.53 Å². The summed E-state index contributed by atoms with van der Waals surface area (Å²) in [5.41, 5.74) is 0. The van der Waals surface area contributed by atoms with Gasteiger partial charge in [-0.25, -0.2) is 0 Å². The third kappa shape index (κ3) is 4.09. The van der Waals surface area contributed by atoms with Crippen molar-refractivity contribution in [3.8, 4) is 0 Å². The molecule has 0 saturated carbocycles. The van der Waals surface area contributed by atoms with Crippen LogP contribution in [0.4, 0.5) is 0 Å². The normalized spacial score (nSPS) is 24.1. The summed E-state index contributed by atoms with van der Waals surface area (Å²) in [6.45, 7) is 4.72. The minimum absolute atomic E-state index is 0.00487. The maximum atomic E-state index is 11.6. The first-order valence-corrected chi connectivity index (χ1v) is 5.64. The first-order chi connectivity index (χ1) is 6.70. The lowest BCUT2D eigenvalue weighted by Gasteiger charge is -2.21. The largest absolute Gasteiger partial charge is 0.462 e. The third-order valence-electron chi connectivity index (χ3n) is 2.45. The van der Waals surface area contributed by atoms with E-state index >= 15 is 0 Å². The average molecular weight is 199 g/mol. The highest BCUT2D eigenvalue weighted by Gasteiger charge is 2.20. The monoisotopic (exact) mass is 199 g/mol. The van der Waals surface area contributed by atoms with Gasteiger partial charge in [-0.1, -0.05) is 19.3 Å². The fourth-order valence-corrected chi connectivity index (χ4v) is 1.72. The fraction of sp³-hybridized carbons (Fsp3) is 0.909. The summed E-state index contributed by atoms with van der Waals surface area (Å²) in [6, 6.07) is -0.0716. The molecule has 14 heavy (non-hydrogen) atoms. The van der Waals surface area contributed by atoms with Gasteiger partial charge in [-0.2, -0.15) is 0 Å². The van der Waals surface area contributed by atoms with E-state index in [2.05, 4.69) is 5.32 Å². The molecule has 0 aromatic carbocycles. The highest BCUT2D eigenvalue weighted by atomic mass is 16.5. The Kier molecular flexibility index (Phi) is 4.94. The second-order valence-electron chi connectivity index (χ2n) is 4.20. The Morgan fingerprint density at radius 3 is 2.71 bits per heavy atom. The van der Waals surface area contributed by atoms with Crippen LogP contribution in [0.2, 0.25) is 0 Å². The minimum atomic E-state index is -0.0816. The molecular formula is C11H21NO2. The topological polar surface area (TPSA) is 38.3 Å². The van der Waals surface area contributed by atoms with Gasteiger partial charge in [0, 0.05) is 0 Å². The predicted octanol–water partition coefficient (Wildman–Crippen LogP) is 1.86. The van der Waals surface area contributed by atoms with Gasteiger partial charge in [0.1, 0.15) is 6.04 Å². The number of hydrogen-bond acceptors (Lipinski definition) is 3. The van der Waals surface area contributed by atoms with Crippen LogP contribution in [0.5, 0.6) is 0 Å². The van der Waals surface area contributed by atoms with Crippen molar-refractivity contribution in [2.45, 2.75) is 58.1 Å². The van der Waals surface area contributed by atoms with Crippen molar-refractivity contribution in [1.29, 1.82) is 0 Å². The van der Waals surface area contributed by atoms with Gasteiger partial charge >= 0.3 is 5.97 Å². The lowest BCUT2D eigenvalue weighted by Crippen LogP contribution is -2.40. The van der Waals surface area contributed by atoms with Gasteiger partial charge in [-0.05, 0) is 33.2 Å². The summed E-state index contributed by atoms with van der Waals surface area (Å²) in [7, 11) is 0. The Balaban J connectivity index is 2.35. The summed E-state index contributed by atoms with van der Waals surface area (Å²) >= 11 is 0. The lowest BCUT2D eigenvalue weighted by atomic mass is 10.0. The molecule has 1 fully saturated rings. The molecule has 1 aliphatic rings. The molecular weight excluding hydrogens is 178 g/mol. The molecule has 1 rings (SSSR count). The van der Waals surface area contributed by atoms with Crippen molar-refractivity contribution in [1.82, 2.24) is 5.32 Å². The van der Waals surface area contributed by atoms with E-state index in [1.165, 1.54) is 19.3 Å². The number of carbonyl (C=O) groups is 1. The van der Waals surface area contributed by atoms with E-state index in [1.54, 1.807) is 0 Å². The quantitative estimate of drug-likeness (QED) is 0.690. The van der Waals surface area contributed by atoms with Gasteiger partial charge in [0.2, 0.25) is 0 Å². The second-order valence-corrected chi connectivity index (χ2v) is 4.20. The number of nitrogens with one attached hydrogen (secondary N) is 1. The molecule has 82 valence electrons. The summed E-state index contributed by atoms with van der Waals surface area (Å²) < 4.78 is 5.18. The lowest BCUT2D eigenvalue weighted by molar-refractivity contribution is -0.150. The Labute approximate surface area is 86.2 Å². The molecule has 0 spiro atoms. The van der Waals surface area contributed by atoms with Crippen LogP contribution in [0.1, 0.15) is 46.0 Å². The van der Waals surface area contributed by atoms with E-state index in [0.29, 0.717) is 0 Å². The van der Waals surface area contributed by atoms with Crippen LogP contribution in [-0.4, -0.2) is 24.7 Å². The van der Waals surface area contributed by atoms with E-state index < -0.39 is 0 Å². The minimum Gasteiger partial charge on any atom is -0.462 e. The Morgan fingerprint density at radius 2 is 2.00 bits per heavy atom. The molecule has 0 aromatic heterocycles. The molecule has 1 atom stereocenters. The molecule has 3 nitrogen and oxygen atoms in total. The zero-order chi connectivity index (χ0) is 10.4. The van der Waals surface area contributed by atoms with Crippen molar-refractivity contribution in [3.05, 3.63) is 0 Å². The van der Waals surface area contributed by atoms with E-state index in [1.807, 2.05) is 13.8 Å². The highest BCUT2D eigenvalue weighted by Crippen LogP contribution is 2.11. The SMILES string of the molecule is CC(C)OC(=O)C1CCCCCCN1. The van der Waals surface area contributed by atoms with E-state index in [4.69, 9.17) is 4.74 Å². The van der Waals surface area contributed by atoms with Crippen LogP contribution in [0.3, 0.4) is 0 Å². The number of esters is 1. The first kappa shape index (κ1) is 11.5. The Morgan fingerprint density at radius 1 is 1.29 bits per heavy atom. The molecule has 1 N–H and O–H groups in total. The molecule has 0 amide bonds. The predicted molar refractivity (Wildman–Crippen MR) is 56.1 cm³/mol. The van der Waals surface area contributed by atoms with Gasteiger partial charge in [-0.15, -0.1) is 0 Å². The summed E-state index contributed by atoms with van der Waals surface area (Å²) in [4.78, 5) is 11.6. The van der Waals surface area contributed by atoms with E-state index in [9.17, 15) is 4.79 Å². The van der Waals surface area contributed by atoms with Crippen molar-refractivity contribution in [3.63, 3.8) is 0 Å². The van der Waals surface area contributed by atoms with Crippen LogP contribution in [-0.2, 0) is 9.53 Å². The third-order valence-corrected chi connectivity index (χ3v) is 2.45. The maximum absolute atomic E-state index is 11.6. The number of ether oxygens (including phenoxy) is 1. The van der Waals surface area contributed by atoms with Crippen LogP contribution < -0.4 is 5.32 Å². The summed E-state index contributed by atoms with van der Waals surface area (Å²) in [6.07, 6.45) is 5.74. The van der Waals surface area contributed by atoms with Crippen molar-refractivity contribution in [2.75, 3.05) is 6.54 Å². The first-order valence-electron chi connectivity index (χ1n) is 5.64. The van der Waals surface area contributed by atoms with Crippen LogP contribution >= 0.6 is 0 Å². The van der Waals surface area contributed by atoms with Gasteiger partial charge in [-0.3, -0.25) is 4.79 Å². The fourth-order valence-electron chi connectivity index (χ4n) is 1.72. The molecule has 1 unspecified atom stereocenters. The maximum Gasteiger partial charge on any atom is 0.323 e. The molecule has 0 radical (unpaired) electrons. The molecule has 1 heterocycles. The van der Waals surface area contributed by atoms with Gasteiger partial charge in [0.15, 0.2) is 0 Å². The van der Waals surface area contributed by atoms with E-state index in [-0.39, 0.29) is 18.1 Å². The molecule has 1 aliphatic heterocycles. The zero-order valence-corrected chi connectivity index (χ0v) is 9.21. The summed E-state index contributed by atoms with van der Waals surface area (Å²) in [5.74, 6) is -0.0816. The van der Waals surface area contributed by atoms with Crippen LogP contribution in [0, 0.1) is 0 Å². The number of rotatable bonds is 2. The van der Waals surface area contributed by atoms with Gasteiger partial charge in [0.05, 0.1) is 6.10 Å². The molecule has 0 aromatic rings. The summed E-state index contributed by atoms with van der Waals surface area (Å²) in [5, 5.41) is 3.25. The smallest absolute Gasteiger partial charge is 0.323 e. The van der Waals surface area contributed by atoms with Crippen molar-refractivity contribution >= 4 is 5.97 Å². The molecule has 0 aliphatic carbocycles. The zero-order valence-electron chi connectivity index (χ0n) is 9.21. The molecule has 0 bridgehead atoms. The Bertz CT molecular complexity index is 172. The second kappa shape index (κ2) is 6.02. The van der Waals surface area contributed by atoms with Gasteiger partial charge in [0.25, 0.3) is 0 Å². The van der Waals surface area contributed by atoms with Crippen LogP contribution in [0.25, 0.3) is 0 Å². The number of hydrogen-bond donors (Lipinski definition) is 1. The van der Waals surface area contributed by atoms with E-state index in [0.717, 1.165) is 19.4 Å². The number of carbonyl (C=O) groups excluding carboxylic acids is 1. The highest BCUT2D eigenvalue weighted by molar-refractivity contribution is 5.75. The molecule has 1 saturated heterocycles.